The first kappa shape index (κ1) is 29.2. The molecule has 0 aliphatic carbocycles. The van der Waals surface area contributed by atoms with Crippen LogP contribution in [0.5, 0.6) is 0 Å². The number of H-pyrrole nitrogens is 1. The van der Waals surface area contributed by atoms with Crippen LogP contribution in [0.4, 0.5) is 10.1 Å². The van der Waals surface area contributed by atoms with Crippen molar-refractivity contribution in [3.63, 3.8) is 0 Å². The molecule has 0 bridgehead atoms. The zero-order valence-electron chi connectivity index (χ0n) is 23.9. The number of aliphatic imine (C=N–C) groups is 1. The predicted octanol–water partition coefficient (Wildman–Crippen LogP) is 2.23. The number of methoxy groups -OCH3 is 1. The Labute approximate surface area is 246 Å². The Morgan fingerprint density at radius 2 is 2.02 bits per heavy atom. The van der Waals surface area contributed by atoms with Crippen LogP contribution in [0.25, 0.3) is 16.6 Å². The first-order valence-corrected chi connectivity index (χ1v) is 13.6. The molecule has 43 heavy (non-hydrogen) atoms. The molecule has 0 spiro atoms. The van der Waals surface area contributed by atoms with E-state index in [2.05, 4.69) is 41.6 Å². The second-order valence-electron chi connectivity index (χ2n) is 10.2. The third kappa shape index (κ3) is 6.97. The van der Waals surface area contributed by atoms with Crippen molar-refractivity contribution in [1.82, 2.24) is 35.9 Å². The highest BCUT2D eigenvalue weighted by atomic mass is 19.1. The van der Waals surface area contributed by atoms with Crippen LogP contribution < -0.4 is 21.3 Å². The van der Waals surface area contributed by atoms with Crippen LogP contribution in [0.2, 0.25) is 0 Å². The van der Waals surface area contributed by atoms with Crippen LogP contribution in [0.1, 0.15) is 39.8 Å². The fourth-order valence-electron chi connectivity index (χ4n) is 4.79. The Kier molecular flexibility index (Phi) is 8.64. The SMILES string of the molecule is COC(=O)C[C@H](NC(=O)CNC(=O)c1cc(NC2=NCC(F)CN2)c2cn[nH]c2c1)c1cccc(-n2nc(C)cc2C)c1. The molecule has 5 rings (SSSR count). The maximum atomic E-state index is 13.5. The van der Waals surface area contributed by atoms with Crippen LogP contribution in [0.15, 0.2) is 53.7 Å². The fourth-order valence-corrected chi connectivity index (χ4v) is 4.79. The first-order chi connectivity index (χ1) is 20.7. The summed E-state index contributed by atoms with van der Waals surface area (Å²) in [4.78, 5) is 42.4. The molecule has 2 atom stereocenters. The molecule has 1 aliphatic rings. The molecule has 5 N–H and O–H groups in total. The van der Waals surface area contributed by atoms with E-state index in [4.69, 9.17) is 4.74 Å². The third-order valence-electron chi connectivity index (χ3n) is 6.88. The molecule has 14 heteroatoms. The Hall–Kier alpha value is -5.27. The summed E-state index contributed by atoms with van der Waals surface area (Å²) in [5.74, 6) is -1.13. The van der Waals surface area contributed by atoms with Crippen LogP contribution in [0, 0.1) is 13.8 Å². The number of ether oxygens (including phenoxy) is 1. The van der Waals surface area contributed by atoms with Gasteiger partial charge in [0.1, 0.15) is 6.17 Å². The van der Waals surface area contributed by atoms with Gasteiger partial charge in [0.05, 0.1) is 68.0 Å². The topological polar surface area (TPSA) is 167 Å². The lowest BCUT2D eigenvalue weighted by Gasteiger charge is -2.20. The third-order valence-corrected chi connectivity index (χ3v) is 6.88. The first-order valence-electron chi connectivity index (χ1n) is 13.6. The van der Waals surface area contributed by atoms with Crippen molar-refractivity contribution in [2.45, 2.75) is 32.5 Å². The highest BCUT2D eigenvalue weighted by Crippen LogP contribution is 2.25. The van der Waals surface area contributed by atoms with E-state index in [1.165, 1.54) is 7.11 Å². The van der Waals surface area contributed by atoms with Crippen molar-refractivity contribution in [3.8, 4) is 5.69 Å². The molecule has 2 amide bonds. The lowest BCUT2D eigenvalue weighted by Crippen LogP contribution is -2.41. The number of halogens is 1. The number of nitrogens with one attached hydrogen (secondary N) is 5. The summed E-state index contributed by atoms with van der Waals surface area (Å²) in [5.41, 5.74) is 4.63. The second kappa shape index (κ2) is 12.7. The summed E-state index contributed by atoms with van der Waals surface area (Å²) < 4.78 is 20.1. The lowest BCUT2D eigenvalue weighted by atomic mass is 10.0. The minimum Gasteiger partial charge on any atom is -0.469 e. The van der Waals surface area contributed by atoms with Gasteiger partial charge in [-0.25, -0.2) is 14.1 Å². The number of aromatic amines is 1. The van der Waals surface area contributed by atoms with Gasteiger partial charge >= 0.3 is 5.97 Å². The number of alkyl halides is 1. The van der Waals surface area contributed by atoms with Crippen molar-refractivity contribution in [3.05, 3.63) is 71.2 Å². The smallest absolute Gasteiger partial charge is 0.307 e. The number of hydrogen-bond acceptors (Lipinski definition) is 9. The van der Waals surface area contributed by atoms with Gasteiger partial charge in [0, 0.05) is 16.6 Å². The van der Waals surface area contributed by atoms with Gasteiger partial charge in [0.25, 0.3) is 5.91 Å². The van der Waals surface area contributed by atoms with Crippen molar-refractivity contribution in [1.29, 1.82) is 0 Å². The van der Waals surface area contributed by atoms with E-state index in [1.807, 2.05) is 38.1 Å². The maximum absolute atomic E-state index is 13.5. The highest BCUT2D eigenvalue weighted by Gasteiger charge is 2.21. The molecule has 0 radical (unpaired) electrons. The standard InChI is InChI=1S/C29H32FN9O4/c1-16-7-17(2)39(38-16)21-6-4-5-18(8-21)23(11-27(41)43-3)35-26(40)15-31-28(42)19-9-24(22-14-34-37-25(22)10-19)36-29-32-12-20(30)13-33-29/h4-10,14,20,23H,11-13,15H2,1-3H3,(H,31,42)(H,34,37)(H,35,40)(H2,32,33,36)/t23-/m0/s1. The Balaban J connectivity index is 1.28. The number of carbonyl (C=O) groups excluding carboxylic acids is 3. The quantitative estimate of drug-likeness (QED) is 0.185. The van der Waals surface area contributed by atoms with Crippen molar-refractivity contribution < 1.29 is 23.5 Å². The van der Waals surface area contributed by atoms with Crippen LogP contribution in [-0.4, -0.2) is 76.6 Å². The van der Waals surface area contributed by atoms with Gasteiger partial charge in [-0.2, -0.15) is 10.2 Å². The van der Waals surface area contributed by atoms with E-state index in [1.54, 1.807) is 29.1 Å². The van der Waals surface area contributed by atoms with Gasteiger partial charge in [-0.15, -0.1) is 0 Å². The van der Waals surface area contributed by atoms with E-state index >= 15 is 0 Å². The van der Waals surface area contributed by atoms with Crippen molar-refractivity contribution in [2.24, 2.45) is 4.99 Å². The number of rotatable bonds is 9. The van der Waals surface area contributed by atoms with Crippen LogP contribution in [-0.2, 0) is 14.3 Å². The molecule has 4 aromatic rings. The molecular formula is C29H32FN9O4. The Morgan fingerprint density at radius 1 is 1.19 bits per heavy atom. The Morgan fingerprint density at radius 3 is 2.74 bits per heavy atom. The van der Waals surface area contributed by atoms with Crippen molar-refractivity contribution in [2.75, 3.05) is 32.1 Å². The number of benzene rings is 2. The number of carbonyl (C=O) groups is 3. The minimum absolute atomic E-state index is 0.0307. The number of aromatic nitrogens is 4. The number of guanidine groups is 1. The summed E-state index contributed by atoms with van der Waals surface area (Å²) in [6.07, 6.45) is 0.423. The zero-order chi connectivity index (χ0) is 30.5. The molecule has 2 aromatic heterocycles. The lowest BCUT2D eigenvalue weighted by molar-refractivity contribution is -0.141. The molecule has 0 saturated carbocycles. The number of esters is 1. The average Bonchev–Trinajstić information content (AvgIpc) is 3.62. The van der Waals surface area contributed by atoms with Gasteiger partial charge in [-0.1, -0.05) is 12.1 Å². The summed E-state index contributed by atoms with van der Waals surface area (Å²) in [5, 5.41) is 23.5. The predicted molar refractivity (Wildman–Crippen MR) is 158 cm³/mol. The van der Waals surface area contributed by atoms with Gasteiger partial charge in [-0.3, -0.25) is 19.5 Å². The maximum Gasteiger partial charge on any atom is 0.307 e. The number of fused-ring (bicyclic) bond motifs is 1. The van der Waals surface area contributed by atoms with Crippen LogP contribution >= 0.6 is 0 Å². The van der Waals surface area contributed by atoms with E-state index in [-0.39, 0.29) is 31.6 Å². The molecule has 2 aromatic carbocycles. The van der Waals surface area contributed by atoms with Crippen LogP contribution in [0.3, 0.4) is 0 Å². The summed E-state index contributed by atoms with van der Waals surface area (Å²) in [7, 11) is 1.28. The molecule has 1 unspecified atom stereocenters. The van der Waals surface area contributed by atoms with E-state index in [9.17, 15) is 18.8 Å². The van der Waals surface area contributed by atoms with Gasteiger partial charge in [0.15, 0.2) is 5.96 Å². The molecule has 13 nitrogen and oxygen atoms in total. The fraction of sp³-hybridized carbons (Fsp3) is 0.310. The van der Waals surface area contributed by atoms with Gasteiger partial charge in [0.2, 0.25) is 5.91 Å². The molecule has 1 aliphatic heterocycles. The summed E-state index contributed by atoms with van der Waals surface area (Å²) in [6.45, 7) is 3.65. The van der Waals surface area contributed by atoms with E-state index < -0.39 is 30.0 Å². The van der Waals surface area contributed by atoms with E-state index in [0.29, 0.717) is 28.1 Å². The highest BCUT2D eigenvalue weighted by molar-refractivity contribution is 6.07. The molecule has 224 valence electrons. The molecule has 0 fully saturated rings. The Bertz CT molecular complexity index is 1700. The monoisotopic (exact) mass is 589 g/mol. The average molecular weight is 590 g/mol. The van der Waals surface area contributed by atoms with Crippen molar-refractivity contribution >= 4 is 40.3 Å². The van der Waals surface area contributed by atoms with Gasteiger partial charge in [-0.05, 0) is 49.7 Å². The van der Waals surface area contributed by atoms with Gasteiger partial charge < -0.3 is 26.0 Å². The van der Waals surface area contributed by atoms with E-state index in [0.717, 1.165) is 17.1 Å². The summed E-state index contributed by atoms with van der Waals surface area (Å²) >= 11 is 0. The largest absolute Gasteiger partial charge is 0.469 e. The zero-order valence-corrected chi connectivity index (χ0v) is 23.9. The second-order valence-corrected chi connectivity index (χ2v) is 10.2. The molecular weight excluding hydrogens is 557 g/mol. The number of nitrogens with zero attached hydrogens (tertiary/aromatic N) is 4. The number of amides is 2. The number of anilines is 1. The minimum atomic E-state index is -1.07. The normalized spacial score (nSPS) is 15.3. The molecule has 3 heterocycles. The number of hydrogen-bond donors (Lipinski definition) is 5. The number of aryl methyl sites for hydroxylation is 2. The molecule has 0 saturated heterocycles. The summed E-state index contributed by atoms with van der Waals surface area (Å²) in [6, 6.07) is 11.8.